The number of aliphatic hydroxyl groups excluding tert-OH is 1. The van der Waals surface area contributed by atoms with Gasteiger partial charge in [0.05, 0.1) is 18.2 Å². The van der Waals surface area contributed by atoms with Crippen molar-refractivity contribution in [2.24, 2.45) is 0 Å². The zero-order chi connectivity index (χ0) is 30.6. The Morgan fingerprint density at radius 2 is 1.77 bits per heavy atom. The number of aliphatic hydroxyl groups is 1. The fourth-order valence-electron chi connectivity index (χ4n) is 5.13. The van der Waals surface area contributed by atoms with Crippen molar-refractivity contribution in [2.75, 3.05) is 11.5 Å². The standard InChI is InChI=1S/C34H28ClN3O4S2/c1-2-3-18-42-26-12-7-10-23(19-26)29-28(30(39)22-14-16-25(35)17-15-22)31(40)32(41)38(29)33-36-37-34(44-33)43-20-24-11-6-9-21-8-4-5-13-27(21)24/h4-17,19,29,39H,2-3,18,20H2,1H3/b30-28+. The summed E-state index contributed by atoms with van der Waals surface area (Å²) in [6, 6.07) is 27.2. The second-order valence-electron chi connectivity index (χ2n) is 10.2. The van der Waals surface area contributed by atoms with Crippen LogP contribution in [0.4, 0.5) is 5.13 Å². The molecule has 0 radical (unpaired) electrons. The van der Waals surface area contributed by atoms with Crippen LogP contribution in [-0.4, -0.2) is 33.6 Å². The van der Waals surface area contributed by atoms with Gasteiger partial charge in [0.2, 0.25) is 5.13 Å². The summed E-state index contributed by atoms with van der Waals surface area (Å²) < 4.78 is 6.59. The number of rotatable bonds is 10. The van der Waals surface area contributed by atoms with Gasteiger partial charge in [-0.3, -0.25) is 14.5 Å². The molecule has 1 unspecified atom stereocenters. The molecular formula is C34H28ClN3O4S2. The number of hydrogen-bond donors (Lipinski definition) is 1. The van der Waals surface area contributed by atoms with Crippen molar-refractivity contribution in [1.82, 2.24) is 10.2 Å². The molecule has 4 aromatic carbocycles. The molecule has 1 saturated heterocycles. The Balaban J connectivity index is 1.36. The van der Waals surface area contributed by atoms with Gasteiger partial charge in [-0.1, -0.05) is 103 Å². The van der Waals surface area contributed by atoms with Crippen molar-refractivity contribution in [3.63, 3.8) is 0 Å². The third kappa shape index (κ3) is 6.08. The van der Waals surface area contributed by atoms with E-state index in [0.29, 0.717) is 38.6 Å². The van der Waals surface area contributed by atoms with Gasteiger partial charge < -0.3 is 9.84 Å². The van der Waals surface area contributed by atoms with Crippen LogP contribution in [-0.2, 0) is 15.3 Å². The van der Waals surface area contributed by atoms with Crippen molar-refractivity contribution in [3.8, 4) is 5.75 Å². The van der Waals surface area contributed by atoms with Gasteiger partial charge in [0.15, 0.2) is 4.34 Å². The number of Topliss-reactive ketones (excluding diaryl/α,β-unsaturated/α-hetero) is 1. The second kappa shape index (κ2) is 13.2. The number of nitrogens with zero attached hydrogens (tertiary/aromatic N) is 3. The molecule has 1 atom stereocenters. The quantitative estimate of drug-likeness (QED) is 0.0408. The SMILES string of the molecule is CCCCOc1cccc(C2/C(=C(\O)c3ccc(Cl)cc3)C(=O)C(=O)N2c2nnc(SCc3cccc4ccccc34)s2)c1. The molecule has 1 aliphatic rings. The molecule has 1 aliphatic heterocycles. The van der Waals surface area contributed by atoms with E-state index in [1.807, 2.05) is 36.4 Å². The third-order valence-corrected chi connectivity index (χ3v) is 9.69. The minimum absolute atomic E-state index is 0.0387. The third-order valence-electron chi connectivity index (χ3n) is 7.34. The summed E-state index contributed by atoms with van der Waals surface area (Å²) in [7, 11) is 0. The van der Waals surface area contributed by atoms with Gasteiger partial charge in [0, 0.05) is 16.3 Å². The van der Waals surface area contributed by atoms with E-state index < -0.39 is 17.7 Å². The van der Waals surface area contributed by atoms with Crippen LogP contribution in [0.1, 0.15) is 42.5 Å². The van der Waals surface area contributed by atoms with E-state index in [2.05, 4.69) is 41.4 Å². The highest BCUT2D eigenvalue weighted by Gasteiger charge is 2.48. The molecule has 10 heteroatoms. The molecule has 0 bridgehead atoms. The Morgan fingerprint density at radius 3 is 2.59 bits per heavy atom. The van der Waals surface area contributed by atoms with Crippen LogP contribution in [0.2, 0.25) is 5.02 Å². The number of carbonyl (C=O) groups is 2. The summed E-state index contributed by atoms with van der Waals surface area (Å²) in [5.74, 6) is -0.618. The molecule has 1 amide bonds. The smallest absolute Gasteiger partial charge is 0.301 e. The van der Waals surface area contributed by atoms with Gasteiger partial charge in [0.1, 0.15) is 11.5 Å². The molecule has 1 N–H and O–H groups in total. The molecule has 0 spiro atoms. The monoisotopic (exact) mass is 641 g/mol. The number of benzene rings is 4. The van der Waals surface area contributed by atoms with Crippen LogP contribution in [0, 0.1) is 0 Å². The molecule has 0 aliphatic carbocycles. The number of amides is 1. The predicted octanol–water partition coefficient (Wildman–Crippen LogP) is 8.44. The van der Waals surface area contributed by atoms with Crippen LogP contribution < -0.4 is 9.64 Å². The highest BCUT2D eigenvalue weighted by Crippen LogP contribution is 2.44. The molecule has 44 heavy (non-hydrogen) atoms. The lowest BCUT2D eigenvalue weighted by Crippen LogP contribution is -2.29. The topological polar surface area (TPSA) is 92.6 Å². The maximum Gasteiger partial charge on any atom is 0.301 e. The first-order valence-corrected chi connectivity index (χ1v) is 16.3. The van der Waals surface area contributed by atoms with E-state index in [4.69, 9.17) is 16.3 Å². The molecule has 1 aromatic heterocycles. The van der Waals surface area contributed by atoms with Crippen molar-refractivity contribution in [3.05, 3.63) is 118 Å². The minimum Gasteiger partial charge on any atom is -0.507 e. The first-order valence-electron chi connectivity index (χ1n) is 14.2. The van der Waals surface area contributed by atoms with E-state index in [-0.39, 0.29) is 16.5 Å². The van der Waals surface area contributed by atoms with Gasteiger partial charge in [-0.2, -0.15) is 0 Å². The molecule has 7 nitrogen and oxygen atoms in total. The van der Waals surface area contributed by atoms with E-state index in [9.17, 15) is 14.7 Å². The normalized spacial score (nSPS) is 16.1. The zero-order valence-electron chi connectivity index (χ0n) is 23.8. The summed E-state index contributed by atoms with van der Waals surface area (Å²) >= 11 is 8.81. The molecule has 5 aromatic rings. The second-order valence-corrected chi connectivity index (χ2v) is 12.8. The number of ether oxygens (including phenoxy) is 1. The molecule has 2 heterocycles. The van der Waals surface area contributed by atoms with Crippen LogP contribution in [0.3, 0.4) is 0 Å². The molecule has 1 fully saturated rings. The Morgan fingerprint density at radius 1 is 1.00 bits per heavy atom. The largest absolute Gasteiger partial charge is 0.507 e. The van der Waals surface area contributed by atoms with E-state index in [1.54, 1.807) is 30.3 Å². The average molecular weight is 642 g/mol. The first-order chi connectivity index (χ1) is 21.4. The lowest BCUT2D eigenvalue weighted by Gasteiger charge is -2.23. The molecule has 6 rings (SSSR count). The fourth-order valence-corrected chi connectivity index (χ4v) is 7.13. The highest BCUT2D eigenvalue weighted by molar-refractivity contribution is 8.00. The van der Waals surface area contributed by atoms with E-state index in [1.165, 1.54) is 33.4 Å². The molecule has 0 saturated carbocycles. The van der Waals surface area contributed by atoms with Crippen LogP contribution in [0.25, 0.3) is 16.5 Å². The highest BCUT2D eigenvalue weighted by atomic mass is 35.5. The lowest BCUT2D eigenvalue weighted by atomic mass is 9.95. The van der Waals surface area contributed by atoms with Crippen molar-refractivity contribution in [1.29, 1.82) is 0 Å². The summed E-state index contributed by atoms with van der Waals surface area (Å²) in [4.78, 5) is 28.5. The van der Waals surface area contributed by atoms with Crippen molar-refractivity contribution < 1.29 is 19.4 Å². The summed E-state index contributed by atoms with van der Waals surface area (Å²) in [5.41, 5.74) is 2.10. The number of hydrogen-bond acceptors (Lipinski definition) is 8. The van der Waals surface area contributed by atoms with E-state index >= 15 is 0 Å². The van der Waals surface area contributed by atoms with Gasteiger partial charge in [0.25, 0.3) is 5.78 Å². The maximum atomic E-state index is 13.6. The average Bonchev–Trinajstić information content (AvgIpc) is 3.62. The predicted molar refractivity (Wildman–Crippen MR) is 176 cm³/mol. The van der Waals surface area contributed by atoms with Crippen molar-refractivity contribution in [2.45, 2.75) is 35.9 Å². The number of halogens is 1. The Bertz CT molecular complexity index is 1870. The number of aromatic nitrogens is 2. The summed E-state index contributed by atoms with van der Waals surface area (Å²) in [6.07, 6.45) is 1.88. The van der Waals surface area contributed by atoms with Gasteiger partial charge in [-0.05, 0) is 64.7 Å². The van der Waals surface area contributed by atoms with E-state index in [0.717, 1.165) is 23.8 Å². The maximum absolute atomic E-state index is 13.6. The molecule has 222 valence electrons. The number of fused-ring (bicyclic) bond motifs is 1. The number of thioether (sulfide) groups is 1. The van der Waals surface area contributed by atoms with Crippen molar-refractivity contribution >= 4 is 68.1 Å². The number of carbonyl (C=O) groups excluding carboxylic acids is 2. The Kier molecular flexibility index (Phi) is 8.97. The number of anilines is 1. The van der Waals surface area contributed by atoms with Gasteiger partial charge in [-0.15, -0.1) is 10.2 Å². The first kappa shape index (κ1) is 29.9. The number of ketones is 1. The number of unbranched alkanes of at least 4 members (excludes halogenated alkanes) is 1. The Labute approximate surface area is 268 Å². The fraction of sp³-hybridized carbons (Fsp3) is 0.176. The lowest BCUT2D eigenvalue weighted by molar-refractivity contribution is -0.132. The summed E-state index contributed by atoms with van der Waals surface area (Å²) in [6.45, 7) is 2.62. The minimum atomic E-state index is -0.940. The van der Waals surface area contributed by atoms with Gasteiger partial charge >= 0.3 is 5.91 Å². The summed E-state index contributed by atoms with van der Waals surface area (Å²) in [5, 5.41) is 23.2. The zero-order valence-corrected chi connectivity index (χ0v) is 26.2. The molecular weight excluding hydrogens is 614 g/mol. The Hall–Kier alpha value is -4.18. The van der Waals surface area contributed by atoms with Crippen LogP contribution in [0.5, 0.6) is 5.75 Å². The van der Waals surface area contributed by atoms with Crippen LogP contribution in [0.15, 0.2) is 101 Å². The van der Waals surface area contributed by atoms with Crippen LogP contribution >= 0.6 is 34.7 Å². The van der Waals surface area contributed by atoms with Gasteiger partial charge in [-0.25, -0.2) is 0 Å².